The number of alkyl halides is 3. The van der Waals surface area contributed by atoms with E-state index in [0.717, 1.165) is 10.4 Å². The zero-order valence-corrected chi connectivity index (χ0v) is 16.3. The van der Waals surface area contributed by atoms with Crippen molar-refractivity contribution in [2.75, 3.05) is 26.2 Å². The number of rotatable bonds is 3. The topological polar surface area (TPSA) is 57.7 Å². The SMILES string of the molecule is O=C(C1CCCCC1C(F)(F)F)N1CCN(S(=O)(=O)c2cc(F)ccc2F)CC1. The number of halogens is 5. The molecule has 0 N–H and O–H groups in total. The maximum absolute atomic E-state index is 13.9. The minimum absolute atomic E-state index is 0.0902. The highest BCUT2D eigenvalue weighted by molar-refractivity contribution is 7.89. The highest BCUT2D eigenvalue weighted by Gasteiger charge is 2.49. The molecule has 0 bridgehead atoms. The minimum Gasteiger partial charge on any atom is -0.340 e. The van der Waals surface area contributed by atoms with Crippen LogP contribution in [-0.2, 0) is 14.8 Å². The Morgan fingerprint density at radius 2 is 1.62 bits per heavy atom. The smallest absolute Gasteiger partial charge is 0.340 e. The molecule has 11 heteroatoms. The quantitative estimate of drug-likeness (QED) is 0.679. The number of sulfonamides is 1. The standard InChI is InChI=1S/C18H21F5N2O3S/c19-12-5-6-15(20)16(11-12)29(27,28)25-9-7-24(8-10-25)17(26)13-3-1-2-4-14(13)18(21,22)23/h5-6,11,13-14H,1-4,7-10H2. The zero-order valence-electron chi connectivity index (χ0n) is 15.5. The lowest BCUT2D eigenvalue weighted by Crippen LogP contribution is -2.53. The van der Waals surface area contributed by atoms with Gasteiger partial charge in [0.1, 0.15) is 16.5 Å². The number of hydrogen-bond donors (Lipinski definition) is 0. The number of carbonyl (C=O) groups excluding carboxylic acids is 1. The van der Waals surface area contributed by atoms with Gasteiger partial charge in [0.25, 0.3) is 0 Å². The van der Waals surface area contributed by atoms with Crippen LogP contribution < -0.4 is 0 Å². The van der Waals surface area contributed by atoms with Crippen LogP contribution in [0.25, 0.3) is 0 Å². The van der Waals surface area contributed by atoms with E-state index in [4.69, 9.17) is 0 Å². The number of carbonyl (C=O) groups is 1. The first-order valence-electron chi connectivity index (χ1n) is 9.32. The third-order valence-electron chi connectivity index (χ3n) is 5.56. The first kappa shape index (κ1) is 21.9. The van der Waals surface area contributed by atoms with Gasteiger partial charge in [-0.05, 0) is 31.0 Å². The fraction of sp³-hybridized carbons (Fsp3) is 0.611. The molecule has 162 valence electrons. The van der Waals surface area contributed by atoms with Crippen molar-refractivity contribution in [2.24, 2.45) is 11.8 Å². The Balaban J connectivity index is 1.70. The number of piperazine rings is 1. The summed E-state index contributed by atoms with van der Waals surface area (Å²) in [7, 11) is -4.32. The molecule has 1 aliphatic heterocycles. The largest absolute Gasteiger partial charge is 0.392 e. The molecule has 1 saturated carbocycles. The summed E-state index contributed by atoms with van der Waals surface area (Å²) in [6, 6.07) is 2.09. The maximum Gasteiger partial charge on any atom is 0.392 e. The third-order valence-corrected chi connectivity index (χ3v) is 7.48. The van der Waals surface area contributed by atoms with E-state index < -0.39 is 50.5 Å². The maximum atomic E-state index is 13.9. The third kappa shape index (κ3) is 4.55. The van der Waals surface area contributed by atoms with Crippen LogP contribution in [0.4, 0.5) is 22.0 Å². The van der Waals surface area contributed by atoms with E-state index in [1.165, 1.54) is 4.90 Å². The van der Waals surface area contributed by atoms with Crippen LogP contribution in [0.2, 0.25) is 0 Å². The van der Waals surface area contributed by atoms with Crippen molar-refractivity contribution >= 4 is 15.9 Å². The molecule has 0 spiro atoms. The van der Waals surface area contributed by atoms with Crippen LogP contribution in [0.5, 0.6) is 0 Å². The lowest BCUT2D eigenvalue weighted by Gasteiger charge is -2.39. The highest BCUT2D eigenvalue weighted by Crippen LogP contribution is 2.42. The van der Waals surface area contributed by atoms with Gasteiger partial charge in [0, 0.05) is 32.1 Å². The number of hydrogen-bond acceptors (Lipinski definition) is 3. The molecule has 1 heterocycles. The number of benzene rings is 1. The van der Waals surface area contributed by atoms with Crippen molar-refractivity contribution in [1.29, 1.82) is 0 Å². The van der Waals surface area contributed by atoms with Gasteiger partial charge in [-0.1, -0.05) is 12.8 Å². The predicted molar refractivity (Wildman–Crippen MR) is 93.2 cm³/mol. The molecule has 1 aromatic carbocycles. The van der Waals surface area contributed by atoms with Gasteiger partial charge in [0.2, 0.25) is 15.9 Å². The summed E-state index contributed by atoms with van der Waals surface area (Å²) in [5, 5.41) is 0. The van der Waals surface area contributed by atoms with E-state index >= 15 is 0 Å². The number of nitrogens with zero attached hydrogens (tertiary/aromatic N) is 2. The molecule has 5 nitrogen and oxygen atoms in total. The van der Waals surface area contributed by atoms with E-state index in [0.29, 0.717) is 25.0 Å². The summed E-state index contributed by atoms with van der Waals surface area (Å²) in [6.07, 6.45) is -3.45. The molecule has 2 aliphatic rings. The summed E-state index contributed by atoms with van der Waals surface area (Å²) < 4.78 is 93.1. The minimum atomic E-state index is -4.46. The van der Waals surface area contributed by atoms with Crippen LogP contribution in [0.3, 0.4) is 0 Å². The van der Waals surface area contributed by atoms with E-state index in [1.807, 2.05) is 0 Å². The normalized spacial score (nSPS) is 24.5. The van der Waals surface area contributed by atoms with Crippen molar-refractivity contribution in [1.82, 2.24) is 9.21 Å². The second-order valence-electron chi connectivity index (χ2n) is 7.34. The van der Waals surface area contributed by atoms with Gasteiger partial charge in [0.15, 0.2) is 0 Å². The summed E-state index contributed by atoms with van der Waals surface area (Å²) in [4.78, 5) is 13.1. The van der Waals surface area contributed by atoms with Gasteiger partial charge in [-0.2, -0.15) is 17.5 Å². The molecule has 1 aromatic rings. The zero-order chi connectivity index (χ0) is 21.4. The lowest BCUT2D eigenvalue weighted by atomic mass is 9.78. The Hall–Kier alpha value is -1.75. The molecule has 2 fully saturated rings. The Morgan fingerprint density at radius 1 is 1.00 bits per heavy atom. The Bertz CT molecular complexity index is 867. The lowest BCUT2D eigenvalue weighted by molar-refractivity contribution is -0.201. The van der Waals surface area contributed by atoms with E-state index in [-0.39, 0.29) is 39.0 Å². The molecule has 3 rings (SSSR count). The second kappa shape index (κ2) is 8.17. The molecule has 1 saturated heterocycles. The van der Waals surface area contributed by atoms with E-state index in [9.17, 15) is 35.2 Å². The Labute approximate surface area is 165 Å². The van der Waals surface area contributed by atoms with Crippen LogP contribution in [0.15, 0.2) is 23.1 Å². The van der Waals surface area contributed by atoms with Crippen LogP contribution in [0.1, 0.15) is 25.7 Å². The summed E-state index contributed by atoms with van der Waals surface area (Å²) in [5.41, 5.74) is 0. The Morgan fingerprint density at radius 3 is 2.24 bits per heavy atom. The number of amides is 1. The van der Waals surface area contributed by atoms with Gasteiger partial charge in [-0.15, -0.1) is 0 Å². The molecule has 29 heavy (non-hydrogen) atoms. The van der Waals surface area contributed by atoms with Gasteiger partial charge < -0.3 is 4.90 Å². The van der Waals surface area contributed by atoms with Gasteiger partial charge in [0.05, 0.1) is 5.92 Å². The van der Waals surface area contributed by atoms with Crippen molar-refractivity contribution in [3.8, 4) is 0 Å². The monoisotopic (exact) mass is 440 g/mol. The Kier molecular flexibility index (Phi) is 6.19. The molecule has 2 unspecified atom stereocenters. The molecule has 1 amide bonds. The first-order valence-corrected chi connectivity index (χ1v) is 10.8. The molecule has 2 atom stereocenters. The fourth-order valence-corrected chi connectivity index (χ4v) is 5.51. The van der Waals surface area contributed by atoms with Crippen molar-refractivity contribution in [2.45, 2.75) is 36.8 Å². The van der Waals surface area contributed by atoms with Crippen LogP contribution in [-0.4, -0.2) is 55.9 Å². The average Bonchev–Trinajstić information content (AvgIpc) is 2.68. The second-order valence-corrected chi connectivity index (χ2v) is 9.25. The summed E-state index contributed by atoms with van der Waals surface area (Å²) in [5.74, 6) is -5.48. The molecule has 0 radical (unpaired) electrons. The van der Waals surface area contributed by atoms with Crippen molar-refractivity contribution in [3.05, 3.63) is 29.8 Å². The summed E-state index contributed by atoms with van der Waals surface area (Å²) >= 11 is 0. The fourth-order valence-electron chi connectivity index (χ4n) is 4.02. The van der Waals surface area contributed by atoms with Crippen LogP contribution >= 0.6 is 0 Å². The first-order chi connectivity index (χ1) is 13.5. The summed E-state index contributed by atoms with van der Waals surface area (Å²) in [6.45, 7) is -0.604. The van der Waals surface area contributed by atoms with Gasteiger partial charge in [-0.25, -0.2) is 17.2 Å². The molecular formula is C18H21F5N2O3S. The van der Waals surface area contributed by atoms with Crippen molar-refractivity contribution < 1.29 is 35.2 Å². The van der Waals surface area contributed by atoms with Crippen molar-refractivity contribution in [3.63, 3.8) is 0 Å². The van der Waals surface area contributed by atoms with E-state index in [1.54, 1.807) is 0 Å². The van der Waals surface area contributed by atoms with Gasteiger partial charge >= 0.3 is 6.18 Å². The molecule has 1 aliphatic carbocycles. The van der Waals surface area contributed by atoms with E-state index in [2.05, 4.69) is 0 Å². The van der Waals surface area contributed by atoms with Crippen LogP contribution in [0, 0.1) is 23.5 Å². The average molecular weight is 440 g/mol. The van der Waals surface area contributed by atoms with Gasteiger partial charge in [-0.3, -0.25) is 4.79 Å². The molecular weight excluding hydrogens is 419 g/mol. The molecule has 0 aromatic heterocycles. The highest BCUT2D eigenvalue weighted by atomic mass is 32.2. The predicted octanol–water partition coefficient (Wildman–Crippen LogP) is 3.17.